The second-order valence-electron chi connectivity index (χ2n) is 14.3. The molecule has 0 spiro atoms. The van der Waals surface area contributed by atoms with Crippen LogP contribution in [0.3, 0.4) is 0 Å². The number of aliphatic hydroxyl groups is 1. The van der Waals surface area contributed by atoms with E-state index in [1.807, 2.05) is 6.07 Å². The molecule has 0 radical (unpaired) electrons. The second-order valence-corrected chi connectivity index (χ2v) is 14.3. The van der Waals surface area contributed by atoms with Crippen molar-refractivity contribution >= 4 is 5.91 Å². The van der Waals surface area contributed by atoms with Crippen molar-refractivity contribution in [2.24, 2.45) is 23.2 Å². The summed E-state index contributed by atoms with van der Waals surface area (Å²) >= 11 is 0. The van der Waals surface area contributed by atoms with Crippen molar-refractivity contribution in [2.45, 2.75) is 127 Å². The van der Waals surface area contributed by atoms with Gasteiger partial charge in [-0.3, -0.25) is 4.79 Å². The molecule has 46 heavy (non-hydrogen) atoms. The van der Waals surface area contributed by atoms with Crippen LogP contribution in [0.2, 0.25) is 0 Å². The van der Waals surface area contributed by atoms with Gasteiger partial charge >= 0.3 is 18.0 Å². The number of alkyl halides is 7. The lowest BCUT2D eigenvalue weighted by molar-refractivity contribution is -0.355. The van der Waals surface area contributed by atoms with Crippen molar-refractivity contribution in [1.29, 1.82) is 0 Å². The fourth-order valence-corrected chi connectivity index (χ4v) is 8.61. The largest absolute Gasteiger partial charge is 0.508 e. The summed E-state index contributed by atoms with van der Waals surface area (Å²) in [5, 5.41) is 20.9. The maximum Gasteiger partial charge on any atom is 0.459 e. The van der Waals surface area contributed by atoms with E-state index in [2.05, 4.69) is 19.6 Å². The van der Waals surface area contributed by atoms with Crippen LogP contribution in [0, 0.1) is 23.2 Å². The Morgan fingerprint density at radius 2 is 1.61 bits per heavy atom. The average Bonchev–Trinajstić information content (AvgIpc) is 3.20. The van der Waals surface area contributed by atoms with E-state index >= 15 is 0 Å². The molecule has 0 saturated heterocycles. The number of nitrogens with zero attached hydrogens (tertiary/aromatic N) is 1. The summed E-state index contributed by atoms with van der Waals surface area (Å²) in [5.41, 5.74) is 3.53. The highest BCUT2D eigenvalue weighted by molar-refractivity contribution is 5.75. The van der Waals surface area contributed by atoms with Gasteiger partial charge in [-0.25, -0.2) is 0 Å². The number of hydrogen-bond donors (Lipinski definition) is 2. The molecule has 0 aliphatic heterocycles. The van der Waals surface area contributed by atoms with Crippen molar-refractivity contribution in [1.82, 2.24) is 4.90 Å². The highest BCUT2D eigenvalue weighted by Gasteiger charge is 2.73. The van der Waals surface area contributed by atoms with Gasteiger partial charge in [0, 0.05) is 13.5 Å². The molecular weight excluding hydrogens is 615 g/mol. The zero-order valence-electron chi connectivity index (χ0n) is 26.8. The van der Waals surface area contributed by atoms with E-state index in [1.54, 1.807) is 6.07 Å². The number of aromatic hydroxyl groups is 1. The molecule has 0 aromatic heterocycles. The minimum Gasteiger partial charge on any atom is -0.508 e. The van der Waals surface area contributed by atoms with Crippen LogP contribution in [-0.4, -0.2) is 58.7 Å². The second kappa shape index (κ2) is 14.0. The van der Waals surface area contributed by atoms with E-state index in [0.717, 1.165) is 83.2 Å². The van der Waals surface area contributed by atoms with Gasteiger partial charge in [0.25, 0.3) is 0 Å². The first kappa shape index (κ1) is 36.5. The van der Waals surface area contributed by atoms with Crippen molar-refractivity contribution in [3.63, 3.8) is 0 Å². The van der Waals surface area contributed by atoms with Crippen LogP contribution in [0.1, 0.15) is 107 Å². The Morgan fingerprint density at radius 1 is 1.00 bits per heavy atom. The zero-order chi connectivity index (χ0) is 34.1. The van der Waals surface area contributed by atoms with E-state index < -0.39 is 36.6 Å². The summed E-state index contributed by atoms with van der Waals surface area (Å²) in [6.45, 7) is 4.56. The standard InChI is InChI=1S/C35H48F7NO3/c1-22-29(45)20-28-31-23(18-24-19-25(44)14-15-26(24)27(31)16-17-32(22,28)2)12-10-8-6-4-5-7-9-11-13-30(46)43(3)21-33(36,37)34(38,39)35(40,41)42/h14-15,19,23,27-29,31,44-45H,1,4-13,16-18,20-21H2,2-3H3/t23-,27?,28?,29-,31?,32-/m1/s1. The minimum atomic E-state index is -6.41. The van der Waals surface area contributed by atoms with E-state index in [1.165, 1.54) is 11.1 Å². The summed E-state index contributed by atoms with van der Waals surface area (Å²) in [5.74, 6) is -10.5. The summed E-state index contributed by atoms with van der Waals surface area (Å²) in [6.07, 6.45) is 4.66. The first-order valence-electron chi connectivity index (χ1n) is 16.7. The Kier molecular flexibility index (Phi) is 11.2. The maximum absolute atomic E-state index is 13.6. The third-order valence-corrected chi connectivity index (χ3v) is 11.3. The first-order valence-corrected chi connectivity index (χ1v) is 16.7. The van der Waals surface area contributed by atoms with Crippen LogP contribution in [-0.2, 0) is 11.2 Å². The number of unbranched alkanes of at least 4 members (excludes halogenated alkanes) is 7. The molecule has 2 N–H and O–H groups in total. The number of rotatable bonds is 14. The van der Waals surface area contributed by atoms with Gasteiger partial charge in [-0.2, -0.15) is 30.7 Å². The number of aliphatic hydroxyl groups excluding tert-OH is 1. The van der Waals surface area contributed by atoms with Crippen LogP contribution in [0.5, 0.6) is 5.75 Å². The lowest BCUT2D eigenvalue weighted by atomic mass is 9.52. The van der Waals surface area contributed by atoms with E-state index in [0.29, 0.717) is 42.3 Å². The van der Waals surface area contributed by atoms with Gasteiger partial charge in [0.1, 0.15) is 5.75 Å². The first-order chi connectivity index (χ1) is 21.4. The lowest BCUT2D eigenvalue weighted by Gasteiger charge is -2.52. The van der Waals surface area contributed by atoms with Crippen molar-refractivity contribution in [2.75, 3.05) is 13.6 Å². The molecule has 2 saturated carbocycles. The van der Waals surface area contributed by atoms with E-state index in [9.17, 15) is 45.7 Å². The van der Waals surface area contributed by atoms with Crippen LogP contribution in [0.15, 0.2) is 30.4 Å². The number of fused-ring (bicyclic) bond motifs is 5. The Bertz CT molecular complexity index is 1240. The normalized spacial score (nSPS) is 28.0. The number of hydrogen-bond acceptors (Lipinski definition) is 3. The molecule has 2 fully saturated rings. The molecular formula is C35H48F7NO3. The van der Waals surface area contributed by atoms with Gasteiger partial charge in [0.05, 0.1) is 12.6 Å². The van der Waals surface area contributed by atoms with Crippen molar-refractivity contribution < 1.29 is 45.7 Å². The Morgan fingerprint density at radius 3 is 2.24 bits per heavy atom. The minimum absolute atomic E-state index is 0.0415. The number of amides is 1. The van der Waals surface area contributed by atoms with Gasteiger partial charge in [-0.05, 0) is 96.4 Å². The Hall–Kier alpha value is -2.30. The monoisotopic (exact) mass is 663 g/mol. The number of halogens is 7. The average molecular weight is 664 g/mol. The fraction of sp³-hybridized carbons (Fsp3) is 0.743. The highest BCUT2D eigenvalue weighted by atomic mass is 19.4. The summed E-state index contributed by atoms with van der Waals surface area (Å²) in [7, 11) is 0.805. The molecule has 3 aliphatic carbocycles. The molecule has 0 heterocycles. The number of phenols is 1. The molecule has 3 aliphatic rings. The zero-order valence-corrected chi connectivity index (χ0v) is 26.8. The van der Waals surface area contributed by atoms with Gasteiger partial charge in [0.15, 0.2) is 0 Å². The van der Waals surface area contributed by atoms with Crippen LogP contribution >= 0.6 is 0 Å². The molecule has 260 valence electrons. The van der Waals surface area contributed by atoms with Gasteiger partial charge < -0.3 is 15.1 Å². The predicted octanol–water partition coefficient (Wildman–Crippen LogP) is 9.19. The highest BCUT2D eigenvalue weighted by Crippen LogP contribution is 2.64. The SMILES string of the molecule is C=C1[C@H](O)CC2C3C(CC[C@]12C)c1ccc(O)cc1C[C@H]3CCCCCCCCCCC(=O)N(C)CC(F)(F)C(F)(F)C(F)(F)F. The number of phenolic OH excluding ortho intramolecular Hbond substituents is 1. The van der Waals surface area contributed by atoms with Gasteiger partial charge in [0.2, 0.25) is 5.91 Å². The molecule has 0 bridgehead atoms. The quantitative estimate of drug-likeness (QED) is 0.119. The molecule has 4 rings (SSSR count). The summed E-state index contributed by atoms with van der Waals surface area (Å²) in [4.78, 5) is 12.3. The van der Waals surface area contributed by atoms with Gasteiger partial charge in [-0.1, -0.05) is 64.5 Å². The van der Waals surface area contributed by atoms with Gasteiger partial charge in [-0.15, -0.1) is 0 Å². The number of carbonyl (C=O) groups excluding carboxylic acids is 1. The smallest absolute Gasteiger partial charge is 0.459 e. The van der Waals surface area contributed by atoms with Crippen LogP contribution in [0.4, 0.5) is 30.7 Å². The number of benzene rings is 1. The number of carbonyl (C=O) groups is 1. The summed E-state index contributed by atoms with van der Waals surface area (Å²) in [6, 6.07) is 5.80. The Balaban J connectivity index is 1.17. The fourth-order valence-electron chi connectivity index (χ4n) is 8.61. The Labute approximate surface area is 267 Å². The predicted molar refractivity (Wildman–Crippen MR) is 162 cm³/mol. The summed E-state index contributed by atoms with van der Waals surface area (Å²) < 4.78 is 90.4. The topological polar surface area (TPSA) is 60.8 Å². The van der Waals surface area contributed by atoms with Crippen LogP contribution < -0.4 is 0 Å². The van der Waals surface area contributed by atoms with Crippen molar-refractivity contribution in [3.05, 3.63) is 41.5 Å². The third kappa shape index (κ3) is 7.39. The van der Waals surface area contributed by atoms with E-state index in [-0.39, 0.29) is 16.7 Å². The third-order valence-electron chi connectivity index (χ3n) is 11.3. The molecule has 11 heteroatoms. The molecule has 3 unspecified atom stereocenters. The van der Waals surface area contributed by atoms with E-state index in [4.69, 9.17) is 0 Å². The van der Waals surface area contributed by atoms with Crippen molar-refractivity contribution in [3.8, 4) is 5.75 Å². The maximum atomic E-state index is 13.6. The molecule has 6 atom stereocenters. The molecule has 1 aromatic carbocycles. The molecule has 4 nitrogen and oxygen atoms in total. The lowest BCUT2D eigenvalue weighted by Crippen LogP contribution is -2.57. The molecule has 1 amide bonds. The van der Waals surface area contributed by atoms with Crippen LogP contribution in [0.25, 0.3) is 0 Å². The molecule has 1 aromatic rings.